The van der Waals surface area contributed by atoms with E-state index >= 15 is 0 Å². The van der Waals surface area contributed by atoms with Gasteiger partial charge in [-0.1, -0.05) is 44.0 Å². The number of nitro benzene ring substituents is 2. The third kappa shape index (κ3) is 3.81. The van der Waals surface area contributed by atoms with Crippen LogP contribution in [0.3, 0.4) is 0 Å². The topological polar surface area (TPSA) is 144 Å². The zero-order valence-corrected chi connectivity index (χ0v) is 21.6. The lowest BCUT2D eigenvalue weighted by Gasteiger charge is -2.31. The molecule has 2 aliphatic carbocycles. The van der Waals surface area contributed by atoms with Gasteiger partial charge in [-0.3, -0.25) is 34.6 Å². The fourth-order valence-electron chi connectivity index (χ4n) is 5.58. The molecule has 2 aromatic carbocycles. The first-order valence-electron chi connectivity index (χ1n) is 11.1. The molecule has 3 fully saturated rings. The SMILES string of the molecule is O=C(c1ccc([N+](=O)[O-])cc1)N(Cc1ccc([N+](=O)[O-])cc1)N1C(=O)[C@@H]2[C@H]3C[C@@H]([C@H](Br)[C@H]3Br)[C@H]2C1=O. The Labute approximate surface area is 221 Å². The molecule has 1 heterocycles. The Morgan fingerprint density at radius 2 is 1.31 bits per heavy atom. The van der Waals surface area contributed by atoms with E-state index in [4.69, 9.17) is 0 Å². The van der Waals surface area contributed by atoms with Crippen LogP contribution < -0.4 is 0 Å². The minimum Gasteiger partial charge on any atom is -0.272 e. The quantitative estimate of drug-likeness (QED) is 0.206. The van der Waals surface area contributed by atoms with E-state index in [0.717, 1.165) is 16.4 Å². The summed E-state index contributed by atoms with van der Waals surface area (Å²) in [6.07, 6.45) is 0.727. The van der Waals surface area contributed by atoms with Crippen molar-refractivity contribution in [3.8, 4) is 0 Å². The van der Waals surface area contributed by atoms with Crippen LogP contribution in [0.15, 0.2) is 48.5 Å². The molecule has 0 radical (unpaired) electrons. The Morgan fingerprint density at radius 3 is 1.75 bits per heavy atom. The maximum Gasteiger partial charge on any atom is 0.273 e. The van der Waals surface area contributed by atoms with Gasteiger partial charge in [0.15, 0.2) is 0 Å². The number of carbonyl (C=O) groups is 3. The highest BCUT2D eigenvalue weighted by atomic mass is 79.9. The summed E-state index contributed by atoms with van der Waals surface area (Å²) < 4.78 is 0. The number of nitrogens with zero attached hydrogens (tertiary/aromatic N) is 4. The van der Waals surface area contributed by atoms with Gasteiger partial charge in [-0.15, -0.1) is 0 Å². The molecule has 11 nitrogen and oxygen atoms in total. The molecule has 186 valence electrons. The van der Waals surface area contributed by atoms with E-state index < -0.39 is 39.4 Å². The van der Waals surface area contributed by atoms with E-state index in [0.29, 0.717) is 5.56 Å². The van der Waals surface area contributed by atoms with E-state index in [1.54, 1.807) is 0 Å². The molecule has 2 saturated carbocycles. The summed E-state index contributed by atoms with van der Waals surface area (Å²) in [4.78, 5) is 61.7. The van der Waals surface area contributed by atoms with Crippen molar-refractivity contribution in [2.24, 2.45) is 23.7 Å². The lowest BCUT2D eigenvalue weighted by Crippen LogP contribution is -2.50. The number of hydrogen-bond acceptors (Lipinski definition) is 7. The Bertz CT molecular complexity index is 1250. The van der Waals surface area contributed by atoms with Crippen LogP contribution in [0.4, 0.5) is 11.4 Å². The summed E-state index contributed by atoms with van der Waals surface area (Å²) >= 11 is 7.28. The molecule has 2 bridgehead atoms. The van der Waals surface area contributed by atoms with Crippen molar-refractivity contribution in [2.45, 2.75) is 22.6 Å². The van der Waals surface area contributed by atoms with Gasteiger partial charge in [0.05, 0.1) is 28.2 Å². The normalized spacial score (nSPS) is 28.3. The van der Waals surface area contributed by atoms with Crippen LogP contribution in [-0.2, 0) is 16.1 Å². The number of amides is 3. The van der Waals surface area contributed by atoms with Crippen molar-refractivity contribution in [3.63, 3.8) is 0 Å². The minimum atomic E-state index is -0.692. The number of hydrogen-bond donors (Lipinski definition) is 0. The lowest BCUT2D eigenvalue weighted by molar-refractivity contribution is -0.385. The summed E-state index contributed by atoms with van der Waals surface area (Å²) in [6.45, 7) is -0.199. The average Bonchev–Trinajstić information content (AvgIpc) is 3.47. The highest BCUT2D eigenvalue weighted by Crippen LogP contribution is 2.60. The second kappa shape index (κ2) is 9.04. The molecule has 2 aromatic rings. The molecular weight excluding hydrogens is 604 g/mol. The van der Waals surface area contributed by atoms with Gasteiger partial charge in [0, 0.05) is 39.5 Å². The van der Waals surface area contributed by atoms with Gasteiger partial charge >= 0.3 is 0 Å². The first-order chi connectivity index (χ1) is 17.1. The smallest absolute Gasteiger partial charge is 0.272 e. The van der Waals surface area contributed by atoms with E-state index in [9.17, 15) is 34.6 Å². The van der Waals surface area contributed by atoms with Gasteiger partial charge in [-0.2, -0.15) is 5.01 Å². The molecule has 0 spiro atoms. The number of nitro groups is 2. The zero-order chi connectivity index (χ0) is 25.9. The summed E-state index contributed by atoms with van der Waals surface area (Å²) in [6, 6.07) is 10.3. The predicted octanol–water partition coefficient (Wildman–Crippen LogP) is 3.84. The fourth-order valence-corrected chi connectivity index (χ4v) is 7.45. The third-order valence-corrected chi connectivity index (χ3v) is 10.5. The van der Waals surface area contributed by atoms with Crippen molar-refractivity contribution in [1.82, 2.24) is 10.0 Å². The number of alkyl halides is 2. The maximum atomic E-state index is 13.6. The van der Waals surface area contributed by atoms with Crippen LogP contribution >= 0.6 is 31.9 Å². The number of imide groups is 1. The number of non-ortho nitro benzene ring substituents is 2. The van der Waals surface area contributed by atoms with Crippen LogP contribution in [0, 0.1) is 43.9 Å². The maximum absolute atomic E-state index is 13.6. The van der Waals surface area contributed by atoms with Crippen LogP contribution in [0.1, 0.15) is 22.3 Å². The van der Waals surface area contributed by atoms with E-state index in [2.05, 4.69) is 31.9 Å². The standard InChI is InChI=1S/C23H18Br2N4O7/c24-19-15-9-16(20(19)25)18-17(15)22(31)27(23(18)32)26(10-11-1-5-13(6-2-11)28(33)34)21(30)12-3-7-14(8-4-12)29(35)36/h1-8,15-20H,9-10H2/t15-,16-,17-,18-,19+,20+/m1/s1. The monoisotopic (exact) mass is 620 g/mol. The van der Waals surface area contributed by atoms with Gasteiger partial charge in [-0.25, -0.2) is 5.01 Å². The number of benzene rings is 2. The Balaban J connectivity index is 1.51. The van der Waals surface area contributed by atoms with E-state index in [1.165, 1.54) is 48.5 Å². The number of hydrazine groups is 1. The molecule has 3 amide bonds. The minimum absolute atomic E-state index is 0.0222. The van der Waals surface area contributed by atoms with Crippen LogP contribution in [0.5, 0.6) is 0 Å². The van der Waals surface area contributed by atoms with Gasteiger partial charge < -0.3 is 0 Å². The first-order valence-corrected chi connectivity index (χ1v) is 12.9. The van der Waals surface area contributed by atoms with Crippen LogP contribution in [-0.4, -0.2) is 47.2 Å². The van der Waals surface area contributed by atoms with E-state index in [-0.39, 0.29) is 45.0 Å². The van der Waals surface area contributed by atoms with Crippen molar-refractivity contribution < 1.29 is 24.2 Å². The van der Waals surface area contributed by atoms with Crippen LogP contribution in [0.25, 0.3) is 0 Å². The van der Waals surface area contributed by atoms with Crippen molar-refractivity contribution in [1.29, 1.82) is 0 Å². The second-order valence-electron chi connectivity index (χ2n) is 9.08. The third-order valence-electron chi connectivity index (χ3n) is 7.24. The lowest BCUT2D eigenvalue weighted by atomic mass is 9.81. The first kappa shape index (κ1) is 24.5. The fraction of sp³-hybridized carbons (Fsp3) is 0.348. The summed E-state index contributed by atoms with van der Waals surface area (Å²) in [7, 11) is 0. The Hall–Kier alpha value is -3.19. The summed E-state index contributed by atoms with van der Waals surface area (Å²) in [5.74, 6) is -2.82. The van der Waals surface area contributed by atoms with Gasteiger partial charge in [0.25, 0.3) is 29.1 Å². The summed E-state index contributed by atoms with van der Waals surface area (Å²) in [5, 5.41) is 24.0. The van der Waals surface area contributed by atoms with Gasteiger partial charge in [0.2, 0.25) is 0 Å². The van der Waals surface area contributed by atoms with Gasteiger partial charge in [0.1, 0.15) is 0 Å². The molecule has 3 aliphatic rings. The second-order valence-corrected chi connectivity index (χ2v) is 11.2. The molecular formula is C23H18Br2N4O7. The number of rotatable bonds is 6. The highest BCUT2D eigenvalue weighted by molar-refractivity contribution is 9.12. The van der Waals surface area contributed by atoms with Crippen molar-refractivity contribution >= 4 is 61.0 Å². The highest BCUT2D eigenvalue weighted by Gasteiger charge is 2.67. The predicted molar refractivity (Wildman–Crippen MR) is 132 cm³/mol. The molecule has 5 rings (SSSR count). The van der Waals surface area contributed by atoms with Crippen molar-refractivity contribution in [2.75, 3.05) is 0 Å². The Morgan fingerprint density at radius 1 is 0.861 bits per heavy atom. The summed E-state index contributed by atoms with van der Waals surface area (Å²) in [5.41, 5.74) is 0.172. The molecule has 0 aromatic heterocycles. The van der Waals surface area contributed by atoms with Gasteiger partial charge in [-0.05, 0) is 36.0 Å². The molecule has 1 aliphatic heterocycles. The number of halogens is 2. The largest absolute Gasteiger partial charge is 0.273 e. The molecule has 0 unspecified atom stereocenters. The molecule has 13 heteroatoms. The number of carbonyl (C=O) groups excluding carboxylic acids is 3. The number of fused-ring (bicyclic) bond motifs is 5. The molecule has 6 atom stereocenters. The van der Waals surface area contributed by atoms with E-state index in [1.807, 2.05) is 0 Å². The molecule has 0 N–H and O–H groups in total. The average molecular weight is 622 g/mol. The zero-order valence-electron chi connectivity index (χ0n) is 18.4. The van der Waals surface area contributed by atoms with Crippen molar-refractivity contribution in [3.05, 3.63) is 79.9 Å². The molecule has 1 saturated heterocycles. The van der Waals surface area contributed by atoms with Crippen LogP contribution in [0.2, 0.25) is 0 Å². The molecule has 36 heavy (non-hydrogen) atoms. The Kier molecular flexibility index (Phi) is 6.15.